The lowest BCUT2D eigenvalue weighted by molar-refractivity contribution is 0.669. The van der Waals surface area contributed by atoms with Crippen LogP contribution in [-0.2, 0) is 6.42 Å². The summed E-state index contributed by atoms with van der Waals surface area (Å²) >= 11 is 0. The van der Waals surface area contributed by atoms with Gasteiger partial charge in [-0.2, -0.15) is 0 Å². The topological polar surface area (TPSA) is 13.1 Å². The zero-order valence-electron chi connectivity index (χ0n) is 20.2. The lowest BCUT2D eigenvalue weighted by Crippen LogP contribution is -1.94. The molecule has 0 bridgehead atoms. The molecule has 0 amide bonds. The summed E-state index contributed by atoms with van der Waals surface area (Å²) in [6.45, 7) is 4.44. The van der Waals surface area contributed by atoms with Gasteiger partial charge in [0.2, 0.25) is 0 Å². The minimum absolute atomic E-state index is 0.933. The number of benzene rings is 5. The molecule has 0 atom stereocenters. The van der Waals surface area contributed by atoms with Gasteiger partial charge in [-0.25, -0.2) is 0 Å². The van der Waals surface area contributed by atoms with Gasteiger partial charge in [-0.3, -0.25) is 0 Å². The van der Waals surface area contributed by atoms with E-state index in [2.05, 4.69) is 123 Å². The average Bonchev–Trinajstić information content (AvgIpc) is 3.28. The fraction of sp³-hybridized carbons (Fsp3) is 0.118. The highest BCUT2D eigenvalue weighted by Crippen LogP contribution is 2.41. The van der Waals surface area contributed by atoms with Crippen molar-refractivity contribution in [3.8, 4) is 33.4 Å². The third kappa shape index (κ3) is 3.84. The van der Waals surface area contributed by atoms with E-state index >= 15 is 0 Å². The third-order valence-corrected chi connectivity index (χ3v) is 6.96. The van der Waals surface area contributed by atoms with Crippen LogP contribution in [0.2, 0.25) is 0 Å². The van der Waals surface area contributed by atoms with Crippen molar-refractivity contribution in [3.63, 3.8) is 0 Å². The molecule has 0 aliphatic heterocycles. The number of rotatable bonds is 5. The van der Waals surface area contributed by atoms with Gasteiger partial charge in [0, 0.05) is 16.3 Å². The monoisotopic (exact) mass is 452 g/mol. The SMILES string of the molecule is CCCc1ccc(-c2ccccc2)cc1-c1c(C)ccc2c1oc1ccc(-c3ccccc3)cc12. The lowest BCUT2D eigenvalue weighted by Gasteiger charge is -2.15. The third-order valence-electron chi connectivity index (χ3n) is 6.96. The summed E-state index contributed by atoms with van der Waals surface area (Å²) in [5, 5.41) is 2.34. The largest absolute Gasteiger partial charge is 0.455 e. The summed E-state index contributed by atoms with van der Waals surface area (Å²) in [6.07, 6.45) is 2.14. The molecule has 0 aliphatic rings. The quantitative estimate of drug-likeness (QED) is 0.254. The maximum Gasteiger partial charge on any atom is 0.143 e. The fourth-order valence-electron chi connectivity index (χ4n) is 5.19. The second kappa shape index (κ2) is 8.92. The molecule has 0 saturated heterocycles. The van der Waals surface area contributed by atoms with E-state index in [9.17, 15) is 0 Å². The van der Waals surface area contributed by atoms with Gasteiger partial charge in [-0.1, -0.05) is 104 Å². The molecule has 1 heterocycles. The Kier molecular flexibility index (Phi) is 5.47. The molecule has 0 aliphatic carbocycles. The van der Waals surface area contributed by atoms with Crippen molar-refractivity contribution in [1.82, 2.24) is 0 Å². The van der Waals surface area contributed by atoms with E-state index < -0.39 is 0 Å². The summed E-state index contributed by atoms with van der Waals surface area (Å²) in [5.41, 5.74) is 11.9. The molecule has 1 heteroatoms. The molecule has 0 radical (unpaired) electrons. The maximum absolute atomic E-state index is 6.59. The van der Waals surface area contributed by atoms with Crippen LogP contribution in [-0.4, -0.2) is 0 Å². The Morgan fingerprint density at radius 3 is 1.94 bits per heavy atom. The summed E-state index contributed by atoms with van der Waals surface area (Å²) in [4.78, 5) is 0. The summed E-state index contributed by atoms with van der Waals surface area (Å²) in [6, 6.07) is 39.1. The van der Waals surface area contributed by atoms with E-state index in [4.69, 9.17) is 4.42 Å². The number of aryl methyl sites for hydroxylation is 2. The maximum atomic E-state index is 6.59. The van der Waals surface area contributed by atoms with Crippen LogP contribution in [0.1, 0.15) is 24.5 Å². The van der Waals surface area contributed by atoms with Gasteiger partial charge in [-0.05, 0) is 70.5 Å². The predicted molar refractivity (Wildman–Crippen MR) is 149 cm³/mol. The van der Waals surface area contributed by atoms with Crippen molar-refractivity contribution < 1.29 is 4.42 Å². The normalized spacial score (nSPS) is 11.4. The highest BCUT2D eigenvalue weighted by atomic mass is 16.3. The highest BCUT2D eigenvalue weighted by molar-refractivity contribution is 6.11. The number of fused-ring (bicyclic) bond motifs is 3. The average molecular weight is 453 g/mol. The Hall–Kier alpha value is -4.10. The van der Waals surface area contributed by atoms with E-state index in [1.165, 1.54) is 55.3 Å². The molecule has 0 N–H and O–H groups in total. The number of furan rings is 1. The second-order valence-electron chi connectivity index (χ2n) is 9.30. The second-order valence-corrected chi connectivity index (χ2v) is 9.30. The standard InChI is InChI=1S/C34H28O/c1-3-10-26-16-17-27(24-11-6-4-7-12-24)21-30(26)33-23(2)15-19-29-31-22-28(25-13-8-5-9-14-25)18-20-32(31)35-34(29)33/h4-9,11-22H,3,10H2,1-2H3. The van der Waals surface area contributed by atoms with E-state index in [0.29, 0.717) is 0 Å². The lowest BCUT2D eigenvalue weighted by atomic mass is 9.89. The minimum Gasteiger partial charge on any atom is -0.455 e. The molecular formula is C34H28O. The van der Waals surface area contributed by atoms with Crippen molar-refractivity contribution in [3.05, 3.63) is 120 Å². The van der Waals surface area contributed by atoms with Gasteiger partial charge in [0.05, 0.1) is 0 Å². The molecule has 1 nitrogen and oxygen atoms in total. The smallest absolute Gasteiger partial charge is 0.143 e. The zero-order valence-corrected chi connectivity index (χ0v) is 20.2. The van der Waals surface area contributed by atoms with E-state index in [-0.39, 0.29) is 0 Å². The Morgan fingerprint density at radius 1 is 0.600 bits per heavy atom. The molecule has 5 aromatic carbocycles. The molecule has 0 saturated carbocycles. The van der Waals surface area contributed by atoms with Gasteiger partial charge in [0.25, 0.3) is 0 Å². The van der Waals surface area contributed by atoms with E-state index in [0.717, 1.165) is 24.0 Å². The van der Waals surface area contributed by atoms with Crippen molar-refractivity contribution in [1.29, 1.82) is 0 Å². The van der Waals surface area contributed by atoms with Crippen LogP contribution in [0.15, 0.2) is 114 Å². The van der Waals surface area contributed by atoms with Crippen LogP contribution < -0.4 is 0 Å². The molecule has 0 unspecified atom stereocenters. The van der Waals surface area contributed by atoms with Crippen LogP contribution in [0, 0.1) is 6.92 Å². The summed E-state index contributed by atoms with van der Waals surface area (Å²) in [5.74, 6) is 0. The first kappa shape index (κ1) is 21.4. The first-order valence-corrected chi connectivity index (χ1v) is 12.4. The number of hydrogen-bond donors (Lipinski definition) is 0. The van der Waals surface area contributed by atoms with Crippen LogP contribution >= 0.6 is 0 Å². The molecule has 6 rings (SSSR count). The molecule has 1 aromatic heterocycles. The molecule has 6 aromatic rings. The molecular weight excluding hydrogens is 424 g/mol. The molecule has 35 heavy (non-hydrogen) atoms. The highest BCUT2D eigenvalue weighted by Gasteiger charge is 2.18. The van der Waals surface area contributed by atoms with Crippen LogP contribution in [0.4, 0.5) is 0 Å². The Labute approximate surface area is 206 Å². The van der Waals surface area contributed by atoms with E-state index in [1.54, 1.807) is 0 Å². The number of hydrogen-bond acceptors (Lipinski definition) is 1. The molecule has 0 fully saturated rings. The van der Waals surface area contributed by atoms with Crippen molar-refractivity contribution in [2.45, 2.75) is 26.7 Å². The first-order valence-electron chi connectivity index (χ1n) is 12.4. The molecule has 0 spiro atoms. The van der Waals surface area contributed by atoms with Gasteiger partial charge >= 0.3 is 0 Å². The molecule has 170 valence electrons. The summed E-state index contributed by atoms with van der Waals surface area (Å²) < 4.78 is 6.59. The minimum atomic E-state index is 0.933. The first-order chi connectivity index (χ1) is 17.2. The van der Waals surface area contributed by atoms with Gasteiger partial charge < -0.3 is 4.42 Å². The van der Waals surface area contributed by atoms with Crippen molar-refractivity contribution in [2.24, 2.45) is 0 Å². The van der Waals surface area contributed by atoms with Gasteiger partial charge in [0.1, 0.15) is 11.2 Å². The predicted octanol–water partition coefficient (Wildman–Crippen LogP) is 9.85. The van der Waals surface area contributed by atoms with Crippen LogP contribution in [0.3, 0.4) is 0 Å². The van der Waals surface area contributed by atoms with Gasteiger partial charge in [-0.15, -0.1) is 0 Å². The summed E-state index contributed by atoms with van der Waals surface area (Å²) in [7, 11) is 0. The van der Waals surface area contributed by atoms with Crippen LogP contribution in [0.5, 0.6) is 0 Å². The zero-order chi connectivity index (χ0) is 23.8. The van der Waals surface area contributed by atoms with Crippen molar-refractivity contribution in [2.75, 3.05) is 0 Å². The Bertz CT molecular complexity index is 1640. The van der Waals surface area contributed by atoms with Crippen molar-refractivity contribution >= 4 is 21.9 Å². The van der Waals surface area contributed by atoms with E-state index in [1.807, 2.05) is 0 Å². The Balaban J connectivity index is 1.60. The van der Waals surface area contributed by atoms with Gasteiger partial charge in [0.15, 0.2) is 0 Å². The van der Waals surface area contributed by atoms with Crippen LogP contribution in [0.25, 0.3) is 55.3 Å². The fourth-order valence-corrected chi connectivity index (χ4v) is 5.19. The Morgan fingerprint density at radius 2 is 1.26 bits per heavy atom.